The highest BCUT2D eigenvalue weighted by molar-refractivity contribution is 6.70. The van der Waals surface area contributed by atoms with E-state index >= 15 is 0 Å². The topological polar surface area (TPSA) is 83.0 Å². The second kappa shape index (κ2) is 4.87. The van der Waals surface area contributed by atoms with Crippen molar-refractivity contribution in [3.05, 3.63) is 18.3 Å². The van der Waals surface area contributed by atoms with E-state index in [2.05, 4.69) is 11.0 Å². The van der Waals surface area contributed by atoms with E-state index < -0.39 is 0 Å². The smallest absolute Gasteiger partial charge is 0.277 e. The summed E-state index contributed by atoms with van der Waals surface area (Å²) in [5.41, 5.74) is 6.26. The van der Waals surface area contributed by atoms with Gasteiger partial charge in [0.2, 0.25) is 5.91 Å². The third-order valence-corrected chi connectivity index (χ3v) is 2.92. The van der Waals surface area contributed by atoms with Crippen LogP contribution < -0.4 is 10.6 Å². The summed E-state index contributed by atoms with van der Waals surface area (Å²) in [5.74, 6) is 2.60. The zero-order valence-electron chi connectivity index (χ0n) is 9.47. The SMILES string of the molecule is N#CB1CCCN(c2ccc(N)nc2)C(=O)C1. The normalized spacial score (nSPS) is 16.5. The van der Waals surface area contributed by atoms with Crippen molar-refractivity contribution in [1.29, 1.82) is 5.26 Å². The lowest BCUT2D eigenvalue weighted by molar-refractivity contribution is -0.116. The fraction of sp³-hybridized carbons (Fsp3) is 0.364. The van der Waals surface area contributed by atoms with E-state index in [1.165, 1.54) is 0 Å². The average Bonchev–Trinajstić information content (AvgIpc) is 2.52. The van der Waals surface area contributed by atoms with E-state index in [9.17, 15) is 4.79 Å². The van der Waals surface area contributed by atoms with Gasteiger partial charge in [0.25, 0.3) is 6.71 Å². The van der Waals surface area contributed by atoms with Crippen LogP contribution in [0, 0.1) is 11.2 Å². The van der Waals surface area contributed by atoms with Crippen LogP contribution in [-0.2, 0) is 4.79 Å². The molecule has 0 atom stereocenters. The number of aromatic nitrogens is 1. The number of carbonyl (C=O) groups excluding carboxylic acids is 1. The highest BCUT2D eigenvalue weighted by Gasteiger charge is 2.27. The van der Waals surface area contributed by atoms with E-state index in [1.54, 1.807) is 23.2 Å². The van der Waals surface area contributed by atoms with Crippen LogP contribution in [-0.4, -0.2) is 24.1 Å². The Morgan fingerprint density at radius 1 is 1.53 bits per heavy atom. The van der Waals surface area contributed by atoms with Gasteiger partial charge in [0, 0.05) is 18.8 Å². The number of nitriles is 1. The number of nitrogens with zero attached hydrogens (tertiary/aromatic N) is 3. The predicted octanol–water partition coefficient (Wildman–Crippen LogP) is 0.958. The van der Waals surface area contributed by atoms with Crippen molar-refractivity contribution in [3.8, 4) is 5.97 Å². The second-order valence-corrected chi connectivity index (χ2v) is 4.16. The van der Waals surface area contributed by atoms with Gasteiger partial charge in [-0.3, -0.25) is 4.79 Å². The number of hydrogen-bond donors (Lipinski definition) is 1. The van der Waals surface area contributed by atoms with Gasteiger partial charge in [-0.05, 0) is 18.6 Å². The minimum absolute atomic E-state index is 0.0133. The summed E-state index contributed by atoms with van der Waals surface area (Å²) in [6.45, 7) is 0.483. The average molecular weight is 228 g/mol. The van der Waals surface area contributed by atoms with E-state index in [0.717, 1.165) is 18.4 Å². The van der Waals surface area contributed by atoms with E-state index in [0.29, 0.717) is 18.7 Å². The predicted molar refractivity (Wildman–Crippen MR) is 66.6 cm³/mol. The minimum Gasteiger partial charge on any atom is -0.384 e. The Bertz CT molecular complexity index is 454. The van der Waals surface area contributed by atoms with Gasteiger partial charge < -0.3 is 10.6 Å². The quantitative estimate of drug-likeness (QED) is 0.725. The molecule has 0 saturated carbocycles. The zero-order chi connectivity index (χ0) is 12.3. The number of nitrogens with two attached hydrogens (primary N) is 1. The summed E-state index contributed by atoms with van der Waals surface area (Å²) in [6.07, 6.45) is 3.51. The van der Waals surface area contributed by atoms with Gasteiger partial charge in [0.1, 0.15) is 5.82 Å². The molecule has 0 bridgehead atoms. The van der Waals surface area contributed by atoms with Crippen LogP contribution in [0.25, 0.3) is 0 Å². The van der Waals surface area contributed by atoms with Crippen molar-refractivity contribution in [2.45, 2.75) is 19.1 Å². The monoisotopic (exact) mass is 228 g/mol. The van der Waals surface area contributed by atoms with Crippen LogP contribution in [0.2, 0.25) is 12.6 Å². The lowest BCUT2D eigenvalue weighted by Gasteiger charge is -2.20. The molecule has 1 amide bonds. The molecule has 2 N–H and O–H groups in total. The molecule has 0 aromatic carbocycles. The molecule has 5 nitrogen and oxygen atoms in total. The molecule has 1 saturated heterocycles. The van der Waals surface area contributed by atoms with Gasteiger partial charge in [-0.1, -0.05) is 6.32 Å². The van der Waals surface area contributed by atoms with Gasteiger partial charge in [-0.2, -0.15) is 0 Å². The number of nitrogen functional groups attached to an aromatic ring is 1. The lowest BCUT2D eigenvalue weighted by atomic mass is 9.46. The van der Waals surface area contributed by atoms with E-state index in [1.807, 2.05) is 0 Å². The van der Waals surface area contributed by atoms with Crippen LogP contribution in [0.3, 0.4) is 0 Å². The highest BCUT2D eigenvalue weighted by Crippen LogP contribution is 2.20. The van der Waals surface area contributed by atoms with Crippen molar-refractivity contribution in [3.63, 3.8) is 0 Å². The number of hydrogen-bond acceptors (Lipinski definition) is 4. The van der Waals surface area contributed by atoms with Gasteiger partial charge in [0.15, 0.2) is 0 Å². The Balaban J connectivity index is 2.18. The first-order chi connectivity index (χ1) is 8.20. The number of amides is 1. The number of rotatable bonds is 1. The second-order valence-electron chi connectivity index (χ2n) is 4.16. The Hall–Kier alpha value is -2.03. The molecule has 2 rings (SSSR count). The molecule has 1 aliphatic heterocycles. The molecule has 1 aliphatic rings. The fourth-order valence-electron chi connectivity index (χ4n) is 1.98. The van der Waals surface area contributed by atoms with E-state index in [-0.39, 0.29) is 12.6 Å². The molecule has 2 heterocycles. The van der Waals surface area contributed by atoms with Crippen molar-refractivity contribution in [2.24, 2.45) is 0 Å². The minimum atomic E-state index is -0.158. The zero-order valence-corrected chi connectivity index (χ0v) is 9.47. The van der Waals surface area contributed by atoms with Crippen molar-refractivity contribution in [2.75, 3.05) is 17.2 Å². The molecule has 1 aromatic rings. The third kappa shape index (κ3) is 2.56. The fourth-order valence-corrected chi connectivity index (χ4v) is 1.98. The molecule has 1 aromatic heterocycles. The summed E-state index contributed by atoms with van der Waals surface area (Å²) in [4.78, 5) is 17.6. The maximum Gasteiger partial charge on any atom is 0.277 e. The first-order valence-electron chi connectivity index (χ1n) is 5.62. The van der Waals surface area contributed by atoms with Crippen molar-refractivity contribution >= 4 is 24.1 Å². The maximum atomic E-state index is 12.0. The molecule has 0 spiro atoms. The molecule has 1 fully saturated rings. The summed E-state index contributed by atoms with van der Waals surface area (Å²) >= 11 is 0. The van der Waals surface area contributed by atoms with Gasteiger partial charge in [-0.25, -0.2) is 10.2 Å². The number of anilines is 2. The molecule has 17 heavy (non-hydrogen) atoms. The first kappa shape index (κ1) is 11.5. The van der Waals surface area contributed by atoms with Gasteiger partial charge >= 0.3 is 0 Å². The highest BCUT2D eigenvalue weighted by atomic mass is 16.2. The molecule has 0 aliphatic carbocycles. The lowest BCUT2D eigenvalue weighted by Crippen LogP contribution is -2.31. The van der Waals surface area contributed by atoms with Crippen LogP contribution in [0.1, 0.15) is 6.42 Å². The first-order valence-corrected chi connectivity index (χ1v) is 5.62. The standard InChI is InChI=1S/C11H13BN4O/c13-8-12-4-1-5-16(11(17)6-12)9-2-3-10(14)15-7-9/h2-3,7H,1,4-6H2,(H2,14,15). The summed E-state index contributed by atoms with van der Waals surface area (Å²) in [6, 6.07) is 3.46. The van der Waals surface area contributed by atoms with Crippen LogP contribution >= 0.6 is 0 Å². The van der Waals surface area contributed by atoms with Crippen LogP contribution in [0.4, 0.5) is 11.5 Å². The Morgan fingerprint density at radius 3 is 3.00 bits per heavy atom. The van der Waals surface area contributed by atoms with Crippen molar-refractivity contribution in [1.82, 2.24) is 4.98 Å². The largest absolute Gasteiger partial charge is 0.384 e. The van der Waals surface area contributed by atoms with E-state index in [4.69, 9.17) is 11.0 Å². The molecule has 6 heteroatoms. The maximum absolute atomic E-state index is 12.0. The molecule has 0 unspecified atom stereocenters. The summed E-state index contributed by atoms with van der Waals surface area (Å²) < 4.78 is 0. The number of carbonyl (C=O) groups is 1. The van der Waals surface area contributed by atoms with Crippen molar-refractivity contribution < 1.29 is 4.79 Å². The molecular weight excluding hydrogens is 215 g/mol. The molecule has 86 valence electrons. The Kier molecular flexibility index (Phi) is 3.28. The summed E-state index contributed by atoms with van der Waals surface area (Å²) in [7, 11) is 0. The third-order valence-electron chi connectivity index (χ3n) is 2.92. The summed E-state index contributed by atoms with van der Waals surface area (Å²) in [5, 5.41) is 8.88. The molecule has 0 radical (unpaired) electrons. The van der Waals surface area contributed by atoms with Gasteiger partial charge in [0.05, 0.1) is 11.9 Å². The van der Waals surface area contributed by atoms with Gasteiger partial charge in [-0.15, -0.1) is 0 Å². The number of pyridine rings is 1. The Morgan fingerprint density at radius 2 is 2.35 bits per heavy atom. The molecular formula is C11H13BN4O. The Labute approximate surface area is 100 Å². The van der Waals surface area contributed by atoms with Crippen LogP contribution in [0.5, 0.6) is 0 Å². The van der Waals surface area contributed by atoms with Crippen LogP contribution in [0.15, 0.2) is 18.3 Å².